The topological polar surface area (TPSA) is 45.7 Å². The largest absolute Gasteiger partial charge is 0.334 e. The molecule has 136 valence electrons. The number of nitrogens with two attached hydrogens (primary N) is 1. The molecule has 0 heterocycles. The maximum Gasteiger partial charge on any atom is 0.279 e. The van der Waals surface area contributed by atoms with E-state index in [1.165, 1.54) is 49.7 Å². The molecule has 1 aromatic carbocycles. The molecule has 3 heteroatoms. The molecule has 0 aliphatic heterocycles. The van der Waals surface area contributed by atoms with Crippen LogP contribution in [0.15, 0.2) is 18.2 Å². The molecule has 25 heavy (non-hydrogen) atoms. The van der Waals surface area contributed by atoms with Crippen LogP contribution in [0.3, 0.4) is 0 Å². The number of benzene rings is 1. The Balaban J connectivity index is 1.40. The number of nitrogens with one attached hydrogen (secondary N) is 1. The van der Waals surface area contributed by atoms with Gasteiger partial charge in [0.1, 0.15) is 0 Å². The van der Waals surface area contributed by atoms with E-state index in [0.717, 1.165) is 36.3 Å². The van der Waals surface area contributed by atoms with Crippen LogP contribution in [0.25, 0.3) is 0 Å². The van der Waals surface area contributed by atoms with E-state index < -0.39 is 0 Å². The number of amides is 1. The fraction of sp³-hybridized carbons (Fsp3) is 0.682. The molecule has 0 saturated heterocycles. The van der Waals surface area contributed by atoms with Gasteiger partial charge in [0.2, 0.25) is 0 Å². The lowest BCUT2D eigenvalue weighted by molar-refractivity contribution is -0.729. The molecule has 3 nitrogen and oxygen atoms in total. The minimum Gasteiger partial charge on any atom is -0.334 e. The van der Waals surface area contributed by atoms with Crippen molar-refractivity contribution in [1.29, 1.82) is 0 Å². The van der Waals surface area contributed by atoms with Crippen LogP contribution in [0.1, 0.15) is 63.5 Å². The highest BCUT2D eigenvalue weighted by Crippen LogP contribution is 2.54. The summed E-state index contributed by atoms with van der Waals surface area (Å²) in [7, 11) is 0. The van der Waals surface area contributed by atoms with E-state index in [1.807, 2.05) is 0 Å². The second-order valence-corrected chi connectivity index (χ2v) is 8.89. The first kappa shape index (κ1) is 17.1. The Morgan fingerprint density at radius 2 is 1.56 bits per heavy atom. The molecule has 0 spiro atoms. The van der Waals surface area contributed by atoms with Gasteiger partial charge in [0.25, 0.3) is 5.91 Å². The molecule has 4 fully saturated rings. The first-order chi connectivity index (χ1) is 12.1. The highest BCUT2D eigenvalue weighted by molar-refractivity contribution is 5.93. The average Bonchev–Trinajstić information content (AvgIpc) is 2.59. The summed E-state index contributed by atoms with van der Waals surface area (Å²) in [5, 5.41) is 5.65. The molecule has 1 amide bonds. The van der Waals surface area contributed by atoms with Gasteiger partial charge in [-0.1, -0.05) is 32.0 Å². The van der Waals surface area contributed by atoms with Gasteiger partial charge in [-0.05, 0) is 61.0 Å². The van der Waals surface area contributed by atoms with E-state index >= 15 is 0 Å². The Kier molecular flexibility index (Phi) is 4.61. The van der Waals surface area contributed by atoms with Gasteiger partial charge < -0.3 is 10.6 Å². The summed E-state index contributed by atoms with van der Waals surface area (Å²) >= 11 is 0. The summed E-state index contributed by atoms with van der Waals surface area (Å²) in [6.45, 7) is 4.89. The molecule has 4 saturated carbocycles. The normalized spacial score (nSPS) is 32.8. The number of para-hydroxylation sites is 1. The number of hydrogen-bond donors (Lipinski definition) is 2. The van der Waals surface area contributed by atoms with E-state index in [0.29, 0.717) is 12.1 Å². The molecule has 1 aromatic rings. The SMILES string of the molecule is CCc1cccc(CC)c1NC(=O)C[NH2+]C12CC3CC(CC(C3)C1)C2. The fourth-order valence-electron chi connectivity index (χ4n) is 6.33. The van der Waals surface area contributed by atoms with Crippen molar-refractivity contribution >= 4 is 11.6 Å². The predicted octanol–water partition coefficient (Wildman–Crippen LogP) is 3.28. The molecule has 0 unspecified atom stereocenters. The van der Waals surface area contributed by atoms with Crippen molar-refractivity contribution in [3.8, 4) is 0 Å². The maximum absolute atomic E-state index is 12.7. The average molecular weight is 342 g/mol. The number of carbonyl (C=O) groups is 1. The van der Waals surface area contributed by atoms with Crippen LogP contribution in [-0.4, -0.2) is 18.0 Å². The lowest BCUT2D eigenvalue weighted by Crippen LogP contribution is -3.00. The summed E-state index contributed by atoms with van der Waals surface area (Å²) in [6, 6.07) is 6.38. The van der Waals surface area contributed by atoms with Crippen LogP contribution in [0.4, 0.5) is 5.69 Å². The number of rotatable bonds is 6. The van der Waals surface area contributed by atoms with E-state index in [-0.39, 0.29) is 5.91 Å². The number of quaternary nitrogens is 1. The van der Waals surface area contributed by atoms with Gasteiger partial charge in [-0.25, -0.2) is 0 Å². The summed E-state index contributed by atoms with van der Waals surface area (Å²) in [6.07, 6.45) is 10.3. The van der Waals surface area contributed by atoms with Crippen molar-refractivity contribution in [2.24, 2.45) is 17.8 Å². The molecule has 0 atom stereocenters. The van der Waals surface area contributed by atoms with Gasteiger partial charge >= 0.3 is 0 Å². The van der Waals surface area contributed by atoms with E-state index in [4.69, 9.17) is 0 Å². The molecule has 4 bridgehead atoms. The summed E-state index contributed by atoms with van der Waals surface area (Å²) in [4.78, 5) is 12.7. The molecule has 0 radical (unpaired) electrons. The quantitative estimate of drug-likeness (QED) is 0.819. The van der Waals surface area contributed by atoms with Crippen molar-refractivity contribution in [3.05, 3.63) is 29.3 Å². The standard InChI is InChI=1S/C22H32N2O/c1-3-18-6-5-7-19(4-2)21(18)24-20(25)14-23-22-11-15-8-16(12-22)10-17(9-15)13-22/h5-7,15-17,23H,3-4,8-14H2,1-2H3,(H,24,25)/p+1. The lowest BCUT2D eigenvalue weighted by Gasteiger charge is -2.54. The van der Waals surface area contributed by atoms with Crippen LogP contribution >= 0.6 is 0 Å². The minimum atomic E-state index is 0.173. The third-order valence-electron chi connectivity index (χ3n) is 7.07. The van der Waals surface area contributed by atoms with E-state index in [1.54, 1.807) is 0 Å². The van der Waals surface area contributed by atoms with Gasteiger partial charge in [0.15, 0.2) is 6.54 Å². The monoisotopic (exact) mass is 341 g/mol. The van der Waals surface area contributed by atoms with Gasteiger partial charge in [0.05, 0.1) is 5.54 Å². The highest BCUT2D eigenvalue weighted by atomic mass is 16.1. The lowest BCUT2D eigenvalue weighted by atomic mass is 9.53. The third-order valence-corrected chi connectivity index (χ3v) is 7.07. The van der Waals surface area contributed by atoms with Gasteiger partial charge in [0, 0.05) is 24.9 Å². The van der Waals surface area contributed by atoms with Crippen molar-refractivity contribution in [3.63, 3.8) is 0 Å². The molecule has 5 rings (SSSR count). The smallest absolute Gasteiger partial charge is 0.279 e. The van der Waals surface area contributed by atoms with Crippen LogP contribution in [0.2, 0.25) is 0 Å². The summed E-state index contributed by atoms with van der Waals surface area (Å²) in [5.74, 6) is 3.00. The number of anilines is 1. The second-order valence-electron chi connectivity index (χ2n) is 8.89. The van der Waals surface area contributed by atoms with Gasteiger partial charge in [-0.3, -0.25) is 4.79 Å². The number of carbonyl (C=O) groups excluding carboxylic acids is 1. The maximum atomic E-state index is 12.7. The van der Waals surface area contributed by atoms with Crippen LogP contribution < -0.4 is 10.6 Å². The molecule has 4 aliphatic carbocycles. The Morgan fingerprint density at radius 3 is 2.04 bits per heavy atom. The zero-order chi connectivity index (χ0) is 17.4. The second kappa shape index (κ2) is 6.75. The zero-order valence-electron chi connectivity index (χ0n) is 15.8. The van der Waals surface area contributed by atoms with Crippen molar-refractivity contribution < 1.29 is 10.1 Å². The predicted molar refractivity (Wildman–Crippen MR) is 102 cm³/mol. The first-order valence-electron chi connectivity index (χ1n) is 10.4. The highest BCUT2D eigenvalue weighted by Gasteiger charge is 2.53. The van der Waals surface area contributed by atoms with Crippen LogP contribution in [0, 0.1) is 17.8 Å². The zero-order valence-corrected chi connectivity index (χ0v) is 15.8. The Hall–Kier alpha value is -1.35. The summed E-state index contributed by atoms with van der Waals surface area (Å²) < 4.78 is 0. The van der Waals surface area contributed by atoms with Crippen LogP contribution in [0.5, 0.6) is 0 Å². The van der Waals surface area contributed by atoms with Gasteiger partial charge in [-0.2, -0.15) is 0 Å². The molecular formula is C22H33N2O+. The molecule has 4 aliphatic rings. The van der Waals surface area contributed by atoms with Crippen LogP contribution in [-0.2, 0) is 17.6 Å². The Morgan fingerprint density at radius 1 is 1.04 bits per heavy atom. The Labute approximate surface area is 152 Å². The number of hydrogen-bond acceptors (Lipinski definition) is 1. The molecular weight excluding hydrogens is 308 g/mol. The van der Waals surface area contributed by atoms with Crippen molar-refractivity contribution in [1.82, 2.24) is 0 Å². The fourth-order valence-corrected chi connectivity index (χ4v) is 6.33. The molecule has 0 aromatic heterocycles. The van der Waals surface area contributed by atoms with Crippen molar-refractivity contribution in [2.75, 3.05) is 11.9 Å². The Bertz CT molecular complexity index is 594. The van der Waals surface area contributed by atoms with E-state index in [2.05, 4.69) is 42.7 Å². The van der Waals surface area contributed by atoms with Crippen molar-refractivity contribution in [2.45, 2.75) is 70.8 Å². The first-order valence-corrected chi connectivity index (χ1v) is 10.4. The molecule has 3 N–H and O–H groups in total. The van der Waals surface area contributed by atoms with Gasteiger partial charge in [-0.15, -0.1) is 0 Å². The third kappa shape index (κ3) is 3.36. The minimum absolute atomic E-state index is 0.173. The summed E-state index contributed by atoms with van der Waals surface area (Å²) in [5.41, 5.74) is 3.95. The van der Waals surface area contributed by atoms with E-state index in [9.17, 15) is 4.79 Å². The number of aryl methyl sites for hydroxylation is 2.